The lowest BCUT2D eigenvalue weighted by Gasteiger charge is -2.12. The Morgan fingerprint density at radius 2 is 2.14 bits per heavy atom. The Labute approximate surface area is 90.8 Å². The molecular formula is C9H12BrNO3. The van der Waals surface area contributed by atoms with Gasteiger partial charge in [-0.15, -0.1) is 0 Å². The Hall–Kier alpha value is -0.780. The molecule has 78 valence electrons. The Kier molecular flexibility index (Phi) is 3.74. The summed E-state index contributed by atoms with van der Waals surface area (Å²) >= 11 is 3.23. The summed E-state index contributed by atoms with van der Waals surface area (Å²) in [6.45, 7) is 0.331. The van der Waals surface area contributed by atoms with Crippen molar-refractivity contribution in [3.05, 3.63) is 22.2 Å². The molecule has 14 heavy (non-hydrogen) atoms. The molecule has 4 nitrogen and oxygen atoms in total. The third-order valence-electron chi connectivity index (χ3n) is 1.78. The summed E-state index contributed by atoms with van der Waals surface area (Å²) in [6, 6.07) is 3.42. The SMILES string of the molecule is COc1ccc(CN(C)O)c(Br)c1O. The van der Waals surface area contributed by atoms with E-state index in [1.807, 2.05) is 0 Å². The maximum absolute atomic E-state index is 9.62. The number of phenols is 1. The lowest BCUT2D eigenvalue weighted by Crippen LogP contribution is -2.12. The molecule has 0 aliphatic carbocycles. The van der Waals surface area contributed by atoms with E-state index in [-0.39, 0.29) is 5.75 Å². The van der Waals surface area contributed by atoms with Crippen molar-refractivity contribution in [3.63, 3.8) is 0 Å². The molecule has 0 radical (unpaired) electrons. The summed E-state index contributed by atoms with van der Waals surface area (Å²) in [5, 5.41) is 19.7. The Morgan fingerprint density at radius 1 is 1.50 bits per heavy atom. The summed E-state index contributed by atoms with van der Waals surface area (Å²) in [7, 11) is 3.02. The second-order valence-electron chi connectivity index (χ2n) is 2.91. The summed E-state index contributed by atoms with van der Waals surface area (Å²) in [5.41, 5.74) is 0.785. The highest BCUT2D eigenvalue weighted by atomic mass is 79.9. The first-order valence-electron chi connectivity index (χ1n) is 4.00. The third kappa shape index (κ3) is 2.37. The van der Waals surface area contributed by atoms with Crippen LogP contribution in [-0.2, 0) is 6.54 Å². The lowest BCUT2D eigenvalue weighted by molar-refractivity contribution is -0.0733. The van der Waals surface area contributed by atoms with Crippen molar-refractivity contribution >= 4 is 15.9 Å². The van der Waals surface area contributed by atoms with Crippen molar-refractivity contribution in [2.24, 2.45) is 0 Å². The number of nitrogens with zero attached hydrogens (tertiary/aromatic N) is 1. The molecular weight excluding hydrogens is 250 g/mol. The van der Waals surface area contributed by atoms with Gasteiger partial charge in [0.1, 0.15) is 0 Å². The molecule has 0 bridgehead atoms. The van der Waals surface area contributed by atoms with E-state index in [0.29, 0.717) is 16.8 Å². The average molecular weight is 262 g/mol. The Morgan fingerprint density at radius 3 is 2.64 bits per heavy atom. The molecule has 0 unspecified atom stereocenters. The molecule has 5 heteroatoms. The van der Waals surface area contributed by atoms with Crippen molar-refractivity contribution in [1.82, 2.24) is 5.06 Å². The van der Waals surface area contributed by atoms with E-state index in [1.54, 1.807) is 12.1 Å². The van der Waals surface area contributed by atoms with Crippen LogP contribution in [0.25, 0.3) is 0 Å². The van der Waals surface area contributed by atoms with Crippen molar-refractivity contribution in [3.8, 4) is 11.5 Å². The van der Waals surface area contributed by atoms with Crippen LogP contribution in [0.1, 0.15) is 5.56 Å². The van der Waals surface area contributed by atoms with Crippen LogP contribution >= 0.6 is 15.9 Å². The first-order valence-corrected chi connectivity index (χ1v) is 4.80. The fourth-order valence-electron chi connectivity index (χ4n) is 1.12. The summed E-state index contributed by atoms with van der Waals surface area (Å²) in [6.07, 6.45) is 0. The molecule has 1 rings (SSSR count). The lowest BCUT2D eigenvalue weighted by atomic mass is 10.2. The highest BCUT2D eigenvalue weighted by Gasteiger charge is 2.11. The maximum Gasteiger partial charge on any atom is 0.172 e. The number of hydrogen-bond donors (Lipinski definition) is 2. The molecule has 0 aliphatic heterocycles. The van der Waals surface area contributed by atoms with E-state index >= 15 is 0 Å². The van der Waals surface area contributed by atoms with Gasteiger partial charge in [0.15, 0.2) is 11.5 Å². The summed E-state index contributed by atoms with van der Waals surface area (Å²) in [5.74, 6) is 0.452. The van der Waals surface area contributed by atoms with E-state index in [1.165, 1.54) is 14.2 Å². The molecule has 2 N–H and O–H groups in total. The number of benzene rings is 1. The molecule has 0 amide bonds. The number of phenolic OH excluding ortho intramolecular Hbond substituents is 1. The van der Waals surface area contributed by atoms with Gasteiger partial charge in [-0.05, 0) is 27.6 Å². The average Bonchev–Trinajstić information content (AvgIpc) is 2.13. The van der Waals surface area contributed by atoms with Gasteiger partial charge in [0.05, 0.1) is 11.6 Å². The largest absolute Gasteiger partial charge is 0.503 e. The van der Waals surface area contributed by atoms with E-state index in [0.717, 1.165) is 10.6 Å². The zero-order chi connectivity index (χ0) is 10.7. The van der Waals surface area contributed by atoms with Crippen molar-refractivity contribution in [1.29, 1.82) is 0 Å². The van der Waals surface area contributed by atoms with Gasteiger partial charge in [-0.3, -0.25) is 0 Å². The van der Waals surface area contributed by atoms with Gasteiger partial charge in [-0.1, -0.05) is 6.07 Å². The minimum atomic E-state index is 0.0480. The number of aromatic hydroxyl groups is 1. The van der Waals surface area contributed by atoms with Gasteiger partial charge >= 0.3 is 0 Å². The summed E-state index contributed by atoms with van der Waals surface area (Å²) < 4.78 is 5.47. The smallest absolute Gasteiger partial charge is 0.172 e. The van der Waals surface area contributed by atoms with Crippen LogP contribution < -0.4 is 4.74 Å². The van der Waals surface area contributed by atoms with Crippen molar-refractivity contribution in [2.75, 3.05) is 14.2 Å². The van der Waals surface area contributed by atoms with Crippen LogP contribution in [0.5, 0.6) is 11.5 Å². The van der Waals surface area contributed by atoms with Crippen LogP contribution in [-0.4, -0.2) is 29.5 Å². The fraction of sp³-hybridized carbons (Fsp3) is 0.333. The minimum Gasteiger partial charge on any atom is -0.503 e. The van der Waals surface area contributed by atoms with Crippen LogP contribution in [0.2, 0.25) is 0 Å². The Bertz CT molecular complexity index is 328. The predicted molar refractivity (Wildman–Crippen MR) is 55.6 cm³/mol. The van der Waals surface area contributed by atoms with E-state index < -0.39 is 0 Å². The number of halogens is 1. The van der Waals surface area contributed by atoms with Crippen LogP contribution in [0, 0.1) is 0 Å². The molecule has 0 heterocycles. The summed E-state index contributed by atoms with van der Waals surface area (Å²) in [4.78, 5) is 0. The van der Waals surface area contributed by atoms with Gasteiger partial charge in [0.2, 0.25) is 0 Å². The molecule has 0 fully saturated rings. The highest BCUT2D eigenvalue weighted by molar-refractivity contribution is 9.10. The van der Waals surface area contributed by atoms with E-state index in [2.05, 4.69) is 15.9 Å². The van der Waals surface area contributed by atoms with E-state index in [9.17, 15) is 5.11 Å². The Balaban J connectivity index is 3.04. The second-order valence-corrected chi connectivity index (χ2v) is 3.70. The molecule has 1 aromatic carbocycles. The van der Waals surface area contributed by atoms with Gasteiger partial charge in [-0.2, -0.15) is 5.06 Å². The fourth-order valence-corrected chi connectivity index (χ4v) is 1.57. The highest BCUT2D eigenvalue weighted by Crippen LogP contribution is 2.36. The zero-order valence-electron chi connectivity index (χ0n) is 7.99. The van der Waals surface area contributed by atoms with Crippen LogP contribution in [0.3, 0.4) is 0 Å². The van der Waals surface area contributed by atoms with E-state index in [4.69, 9.17) is 9.94 Å². The van der Waals surface area contributed by atoms with Gasteiger partial charge in [0.25, 0.3) is 0 Å². The topological polar surface area (TPSA) is 52.9 Å². The molecule has 0 atom stereocenters. The molecule has 1 aromatic rings. The van der Waals surface area contributed by atoms with Crippen LogP contribution in [0.4, 0.5) is 0 Å². The molecule has 0 saturated carbocycles. The number of hydroxylamine groups is 2. The number of rotatable bonds is 3. The number of ether oxygens (including phenoxy) is 1. The van der Waals surface area contributed by atoms with Crippen LogP contribution in [0.15, 0.2) is 16.6 Å². The van der Waals surface area contributed by atoms with Crippen molar-refractivity contribution in [2.45, 2.75) is 6.54 Å². The van der Waals surface area contributed by atoms with Crippen molar-refractivity contribution < 1.29 is 15.1 Å². The predicted octanol–water partition coefficient (Wildman–Crippen LogP) is 1.98. The quantitative estimate of drug-likeness (QED) is 0.818. The second kappa shape index (κ2) is 4.63. The zero-order valence-corrected chi connectivity index (χ0v) is 9.58. The molecule has 0 aliphatic rings. The normalized spacial score (nSPS) is 10.6. The van der Waals surface area contributed by atoms with Gasteiger partial charge in [0, 0.05) is 13.6 Å². The molecule has 0 spiro atoms. The first kappa shape index (κ1) is 11.3. The minimum absolute atomic E-state index is 0.0480. The molecule has 0 aromatic heterocycles. The van der Waals surface area contributed by atoms with Gasteiger partial charge < -0.3 is 15.1 Å². The van der Waals surface area contributed by atoms with Gasteiger partial charge in [-0.25, -0.2) is 0 Å². The molecule has 0 saturated heterocycles. The number of methoxy groups -OCH3 is 1. The first-order chi connectivity index (χ1) is 6.56. The standard InChI is InChI=1S/C9H12BrNO3/c1-11(13)5-6-3-4-7(14-2)9(12)8(6)10/h3-4,12-13H,5H2,1-2H3. The maximum atomic E-state index is 9.62. The monoisotopic (exact) mass is 261 g/mol. The number of hydrogen-bond acceptors (Lipinski definition) is 4. The third-order valence-corrected chi connectivity index (χ3v) is 2.66.